The Morgan fingerprint density at radius 3 is 2.71 bits per heavy atom. The standard InChI is InChI=1S/C24H31O3P/c1-2-3-7-22(25)18-8-10-19(11-9-18)24-20(12-13-23(24)26)16-27-15-17-5-4-6-21(28)14-17/h4-6,8-11,14,20,22,24-25H,2-3,7,12-13,15-16,28H2,1H3. The first-order chi connectivity index (χ1) is 13.6. The average molecular weight is 398 g/mol. The predicted molar refractivity (Wildman–Crippen MR) is 117 cm³/mol. The zero-order valence-corrected chi connectivity index (χ0v) is 17.8. The van der Waals surface area contributed by atoms with Gasteiger partial charge in [0.2, 0.25) is 0 Å². The van der Waals surface area contributed by atoms with E-state index < -0.39 is 6.10 Å². The highest BCUT2D eigenvalue weighted by atomic mass is 31.0. The quantitative estimate of drug-likeness (QED) is 0.624. The Morgan fingerprint density at radius 2 is 2.00 bits per heavy atom. The molecule has 1 fully saturated rings. The van der Waals surface area contributed by atoms with Crippen LogP contribution in [0.15, 0.2) is 48.5 Å². The molecule has 150 valence electrons. The number of ether oxygens (including phenoxy) is 1. The normalized spacial score (nSPS) is 20.5. The number of carbonyl (C=O) groups is 1. The Bertz CT molecular complexity index is 772. The molecule has 1 N–H and O–H groups in total. The van der Waals surface area contributed by atoms with Crippen molar-refractivity contribution in [1.82, 2.24) is 0 Å². The largest absolute Gasteiger partial charge is 0.388 e. The molecule has 0 aliphatic heterocycles. The Labute approximate surface area is 170 Å². The molecule has 1 aliphatic carbocycles. The van der Waals surface area contributed by atoms with Crippen LogP contribution in [-0.2, 0) is 16.1 Å². The average Bonchev–Trinajstić information content (AvgIpc) is 3.06. The van der Waals surface area contributed by atoms with Crippen LogP contribution in [0.4, 0.5) is 0 Å². The summed E-state index contributed by atoms with van der Waals surface area (Å²) in [6, 6.07) is 16.2. The molecule has 0 aromatic heterocycles. The highest BCUT2D eigenvalue weighted by Crippen LogP contribution is 2.37. The van der Waals surface area contributed by atoms with Crippen LogP contribution in [0.1, 0.15) is 67.7 Å². The van der Waals surface area contributed by atoms with Crippen molar-refractivity contribution < 1.29 is 14.6 Å². The second-order valence-corrected chi connectivity index (χ2v) is 8.49. The number of rotatable bonds is 9. The Kier molecular flexibility index (Phi) is 7.79. The van der Waals surface area contributed by atoms with E-state index in [1.807, 2.05) is 36.4 Å². The molecule has 2 aromatic rings. The van der Waals surface area contributed by atoms with Gasteiger partial charge in [0.05, 0.1) is 19.3 Å². The fourth-order valence-corrected chi connectivity index (χ4v) is 4.38. The zero-order chi connectivity index (χ0) is 19.9. The number of unbranched alkanes of at least 4 members (excludes halogenated alkanes) is 1. The van der Waals surface area contributed by atoms with Crippen molar-refractivity contribution >= 4 is 20.3 Å². The van der Waals surface area contributed by atoms with Crippen LogP contribution in [-0.4, -0.2) is 17.5 Å². The van der Waals surface area contributed by atoms with E-state index in [1.165, 1.54) is 0 Å². The monoisotopic (exact) mass is 398 g/mol. The molecule has 3 rings (SSSR count). The van der Waals surface area contributed by atoms with Gasteiger partial charge in [0.15, 0.2) is 0 Å². The first-order valence-corrected chi connectivity index (χ1v) is 10.9. The van der Waals surface area contributed by atoms with Crippen LogP contribution in [0, 0.1) is 5.92 Å². The first kappa shape index (κ1) is 21.2. The van der Waals surface area contributed by atoms with Crippen LogP contribution in [0.5, 0.6) is 0 Å². The van der Waals surface area contributed by atoms with E-state index in [0.717, 1.165) is 47.7 Å². The number of hydrogen-bond donors (Lipinski definition) is 1. The predicted octanol–water partition coefficient (Wildman–Crippen LogP) is 4.69. The first-order valence-electron chi connectivity index (χ1n) is 10.3. The van der Waals surface area contributed by atoms with Crippen molar-refractivity contribution in [3.63, 3.8) is 0 Å². The van der Waals surface area contributed by atoms with Crippen LogP contribution in [0.2, 0.25) is 0 Å². The molecule has 0 saturated heterocycles. The summed E-state index contributed by atoms with van der Waals surface area (Å²) in [5, 5.41) is 11.4. The van der Waals surface area contributed by atoms with Crippen LogP contribution < -0.4 is 5.30 Å². The summed E-state index contributed by atoms with van der Waals surface area (Å²) in [5.41, 5.74) is 3.14. The molecule has 0 spiro atoms. The van der Waals surface area contributed by atoms with E-state index in [0.29, 0.717) is 25.4 Å². The Balaban J connectivity index is 1.60. The second-order valence-electron chi connectivity index (χ2n) is 7.83. The maximum atomic E-state index is 12.5. The molecule has 1 aliphatic rings. The molecule has 0 bridgehead atoms. The summed E-state index contributed by atoms with van der Waals surface area (Å²) in [6.07, 6.45) is 3.97. The summed E-state index contributed by atoms with van der Waals surface area (Å²) < 4.78 is 5.96. The van der Waals surface area contributed by atoms with Gasteiger partial charge in [0, 0.05) is 12.3 Å². The maximum Gasteiger partial charge on any atom is 0.140 e. The topological polar surface area (TPSA) is 46.5 Å². The van der Waals surface area contributed by atoms with Gasteiger partial charge < -0.3 is 9.84 Å². The molecular formula is C24H31O3P. The summed E-state index contributed by atoms with van der Waals surface area (Å²) in [6.45, 7) is 3.29. The number of hydrogen-bond acceptors (Lipinski definition) is 3. The third-order valence-corrected chi connectivity index (χ3v) is 6.00. The van der Waals surface area contributed by atoms with Crippen molar-refractivity contribution in [2.75, 3.05) is 6.61 Å². The van der Waals surface area contributed by atoms with Crippen LogP contribution in [0.25, 0.3) is 0 Å². The Morgan fingerprint density at radius 1 is 1.21 bits per heavy atom. The van der Waals surface area contributed by atoms with Crippen molar-refractivity contribution in [2.45, 2.75) is 57.7 Å². The van der Waals surface area contributed by atoms with Crippen molar-refractivity contribution in [3.05, 3.63) is 65.2 Å². The number of benzene rings is 2. The minimum absolute atomic E-state index is 0.0881. The molecule has 0 amide bonds. The lowest BCUT2D eigenvalue weighted by Gasteiger charge is -2.20. The van der Waals surface area contributed by atoms with E-state index >= 15 is 0 Å². The maximum absolute atomic E-state index is 12.5. The van der Waals surface area contributed by atoms with Crippen molar-refractivity contribution in [1.29, 1.82) is 0 Å². The van der Waals surface area contributed by atoms with Crippen molar-refractivity contribution in [2.24, 2.45) is 5.92 Å². The van der Waals surface area contributed by atoms with E-state index in [9.17, 15) is 9.90 Å². The lowest BCUT2D eigenvalue weighted by Crippen LogP contribution is -2.18. The minimum Gasteiger partial charge on any atom is -0.388 e. The van der Waals surface area contributed by atoms with Gasteiger partial charge in [-0.05, 0) is 46.8 Å². The van der Waals surface area contributed by atoms with Gasteiger partial charge in [-0.25, -0.2) is 0 Å². The van der Waals surface area contributed by atoms with Gasteiger partial charge in [-0.15, -0.1) is 9.24 Å². The van der Waals surface area contributed by atoms with Crippen LogP contribution in [0.3, 0.4) is 0 Å². The summed E-state index contributed by atoms with van der Waals surface area (Å²) in [4.78, 5) is 12.5. The van der Waals surface area contributed by atoms with Crippen LogP contribution >= 0.6 is 9.24 Å². The third kappa shape index (κ3) is 5.50. The zero-order valence-electron chi connectivity index (χ0n) is 16.6. The molecular weight excluding hydrogens is 367 g/mol. The number of carbonyl (C=O) groups excluding carboxylic acids is 1. The summed E-state index contributed by atoms with van der Waals surface area (Å²) >= 11 is 0. The number of Topliss-reactive ketones (excluding diaryl/α,β-unsaturated/α-hetero) is 1. The summed E-state index contributed by atoms with van der Waals surface area (Å²) in [5.74, 6) is 0.442. The molecule has 2 aromatic carbocycles. The SMILES string of the molecule is CCCCC(O)c1ccc(C2C(=O)CCC2COCc2cccc(P)c2)cc1. The smallest absolute Gasteiger partial charge is 0.140 e. The molecule has 3 nitrogen and oxygen atoms in total. The molecule has 4 heteroatoms. The van der Waals surface area contributed by atoms with Crippen molar-refractivity contribution in [3.8, 4) is 0 Å². The number of ketones is 1. The lowest BCUT2D eigenvalue weighted by molar-refractivity contribution is -0.119. The molecule has 4 atom stereocenters. The highest BCUT2D eigenvalue weighted by Gasteiger charge is 2.35. The second kappa shape index (κ2) is 10.3. The lowest BCUT2D eigenvalue weighted by atomic mass is 9.88. The fraction of sp³-hybridized carbons (Fsp3) is 0.458. The van der Waals surface area contributed by atoms with Gasteiger partial charge >= 0.3 is 0 Å². The van der Waals surface area contributed by atoms with E-state index in [-0.39, 0.29) is 11.8 Å². The van der Waals surface area contributed by atoms with E-state index in [2.05, 4.69) is 28.3 Å². The number of aliphatic hydroxyl groups is 1. The van der Waals surface area contributed by atoms with Gasteiger partial charge in [-0.1, -0.05) is 62.2 Å². The van der Waals surface area contributed by atoms with E-state index in [1.54, 1.807) is 0 Å². The fourth-order valence-electron chi connectivity index (χ4n) is 4.05. The highest BCUT2D eigenvalue weighted by molar-refractivity contribution is 7.27. The molecule has 0 heterocycles. The van der Waals surface area contributed by atoms with Gasteiger partial charge in [-0.2, -0.15) is 0 Å². The summed E-state index contributed by atoms with van der Waals surface area (Å²) in [7, 11) is 2.70. The molecule has 4 unspecified atom stereocenters. The minimum atomic E-state index is -0.417. The molecule has 0 radical (unpaired) electrons. The van der Waals surface area contributed by atoms with Gasteiger partial charge in [0.25, 0.3) is 0 Å². The van der Waals surface area contributed by atoms with E-state index in [4.69, 9.17) is 4.74 Å². The number of aliphatic hydroxyl groups excluding tert-OH is 1. The molecule has 28 heavy (non-hydrogen) atoms. The van der Waals surface area contributed by atoms with Gasteiger partial charge in [-0.3, -0.25) is 4.79 Å². The third-order valence-electron chi connectivity index (χ3n) is 5.64. The Hall–Kier alpha value is -1.54. The molecule has 1 saturated carbocycles. The van der Waals surface area contributed by atoms with Gasteiger partial charge in [0.1, 0.15) is 5.78 Å².